The number of nitrogens with zero attached hydrogens (tertiary/aromatic N) is 6. The lowest BCUT2D eigenvalue weighted by molar-refractivity contribution is 0.122. The minimum Gasteiger partial charge on any atom is -0.477 e. The molecule has 9 heteroatoms. The number of anilines is 3. The molecule has 0 bridgehead atoms. The van der Waals surface area contributed by atoms with Crippen LogP contribution in [0.2, 0.25) is 0 Å². The molecule has 0 aliphatic carbocycles. The number of hydrogen-bond acceptors (Lipinski definition) is 8. The molecule has 5 rings (SSSR count). The van der Waals surface area contributed by atoms with E-state index in [0.29, 0.717) is 18.4 Å². The maximum absolute atomic E-state index is 5.45. The molecule has 0 spiro atoms. The molecule has 4 aromatic rings. The number of fused-ring (bicyclic) bond motifs is 1. The molecule has 0 radical (unpaired) electrons. The van der Waals surface area contributed by atoms with Gasteiger partial charge in [0, 0.05) is 42.3 Å². The van der Waals surface area contributed by atoms with E-state index in [1.54, 1.807) is 17.0 Å². The minimum atomic E-state index is 0.523. The fourth-order valence-electron chi connectivity index (χ4n) is 3.58. The van der Waals surface area contributed by atoms with Crippen LogP contribution in [0.1, 0.15) is 6.92 Å². The Bertz CT molecular complexity index is 1190. The Hall–Kier alpha value is -3.72. The van der Waals surface area contributed by atoms with E-state index in [1.165, 1.54) is 0 Å². The highest BCUT2D eigenvalue weighted by molar-refractivity contribution is 5.78. The third-order valence-electron chi connectivity index (χ3n) is 5.07. The first-order valence-corrected chi connectivity index (χ1v) is 10.3. The Morgan fingerprint density at radius 1 is 1.13 bits per heavy atom. The third kappa shape index (κ3) is 4.13. The van der Waals surface area contributed by atoms with Gasteiger partial charge in [-0.15, -0.1) is 9.73 Å². The van der Waals surface area contributed by atoms with Crippen LogP contribution in [-0.2, 0) is 4.74 Å². The van der Waals surface area contributed by atoms with Crippen molar-refractivity contribution >= 4 is 22.8 Å². The summed E-state index contributed by atoms with van der Waals surface area (Å²) in [7, 11) is 0. The molecule has 4 heterocycles. The van der Waals surface area contributed by atoms with Gasteiger partial charge in [-0.2, -0.15) is 5.10 Å². The summed E-state index contributed by atoms with van der Waals surface area (Å²) in [5.74, 6) is 1.06. The minimum absolute atomic E-state index is 0.523. The fourth-order valence-corrected chi connectivity index (χ4v) is 3.58. The van der Waals surface area contributed by atoms with E-state index in [4.69, 9.17) is 14.5 Å². The SMILES string of the molecule is CCOc1ccc2c(-c3ccnc(Nc4cccc(N5CCOCC5)c4)n3)cnn2n1. The van der Waals surface area contributed by atoms with E-state index in [2.05, 4.69) is 37.5 Å². The maximum Gasteiger partial charge on any atom is 0.233 e. The normalized spacial score (nSPS) is 14.0. The standard InChI is InChI=1S/C22H23N7O2/c1-2-31-21-7-6-20-18(15-24-29(20)27-21)19-8-9-23-22(26-19)25-16-4-3-5-17(14-16)28-10-12-30-13-11-28/h3-9,14-15H,2,10-13H2,1H3,(H,23,25,26). The molecular formula is C22H23N7O2. The second kappa shape index (κ2) is 8.57. The first kappa shape index (κ1) is 19.3. The number of morpholine rings is 1. The number of rotatable bonds is 6. The molecule has 158 valence electrons. The van der Waals surface area contributed by atoms with Crippen molar-refractivity contribution in [1.29, 1.82) is 0 Å². The lowest BCUT2D eigenvalue weighted by Crippen LogP contribution is -2.36. The summed E-state index contributed by atoms with van der Waals surface area (Å²) in [6, 6.07) is 13.9. The van der Waals surface area contributed by atoms with Gasteiger partial charge in [0.1, 0.15) is 0 Å². The van der Waals surface area contributed by atoms with Gasteiger partial charge >= 0.3 is 0 Å². The lowest BCUT2D eigenvalue weighted by Gasteiger charge is -2.29. The predicted molar refractivity (Wildman–Crippen MR) is 118 cm³/mol. The van der Waals surface area contributed by atoms with Crippen LogP contribution < -0.4 is 15.0 Å². The quantitative estimate of drug-likeness (QED) is 0.512. The summed E-state index contributed by atoms with van der Waals surface area (Å²) < 4.78 is 12.5. The smallest absolute Gasteiger partial charge is 0.233 e. The first-order chi connectivity index (χ1) is 15.3. The molecule has 1 saturated heterocycles. The average molecular weight is 417 g/mol. The Morgan fingerprint density at radius 2 is 2.03 bits per heavy atom. The molecule has 1 aliphatic heterocycles. The van der Waals surface area contributed by atoms with Gasteiger partial charge in [0.05, 0.1) is 37.2 Å². The zero-order chi connectivity index (χ0) is 21.0. The fraction of sp³-hybridized carbons (Fsp3) is 0.273. The first-order valence-electron chi connectivity index (χ1n) is 10.3. The van der Waals surface area contributed by atoms with E-state index in [1.807, 2.05) is 37.3 Å². The van der Waals surface area contributed by atoms with Gasteiger partial charge in [0.2, 0.25) is 11.8 Å². The summed E-state index contributed by atoms with van der Waals surface area (Å²) in [6.07, 6.45) is 3.49. The molecule has 1 aliphatic rings. The Morgan fingerprint density at radius 3 is 2.90 bits per heavy atom. The summed E-state index contributed by atoms with van der Waals surface area (Å²) >= 11 is 0. The second-order valence-electron chi connectivity index (χ2n) is 7.08. The van der Waals surface area contributed by atoms with E-state index in [0.717, 1.165) is 54.5 Å². The van der Waals surface area contributed by atoms with Gasteiger partial charge in [-0.25, -0.2) is 9.97 Å². The van der Waals surface area contributed by atoms with Gasteiger partial charge in [-0.05, 0) is 37.3 Å². The predicted octanol–water partition coefficient (Wildman–Crippen LogP) is 3.17. The highest BCUT2D eigenvalue weighted by atomic mass is 16.5. The van der Waals surface area contributed by atoms with E-state index >= 15 is 0 Å². The molecular weight excluding hydrogens is 394 g/mol. The summed E-state index contributed by atoms with van der Waals surface area (Å²) in [5, 5.41) is 12.0. The second-order valence-corrected chi connectivity index (χ2v) is 7.08. The number of ether oxygens (including phenoxy) is 2. The molecule has 0 unspecified atom stereocenters. The largest absolute Gasteiger partial charge is 0.477 e. The highest BCUT2D eigenvalue weighted by Gasteiger charge is 2.13. The van der Waals surface area contributed by atoms with Crippen molar-refractivity contribution in [2.24, 2.45) is 0 Å². The zero-order valence-corrected chi connectivity index (χ0v) is 17.2. The molecule has 9 nitrogen and oxygen atoms in total. The van der Waals surface area contributed by atoms with Crippen molar-refractivity contribution in [2.75, 3.05) is 43.1 Å². The average Bonchev–Trinajstić information content (AvgIpc) is 3.24. The molecule has 1 N–H and O–H groups in total. The Kier molecular flexibility index (Phi) is 5.32. The number of aromatic nitrogens is 5. The van der Waals surface area contributed by atoms with Crippen molar-refractivity contribution < 1.29 is 9.47 Å². The van der Waals surface area contributed by atoms with Crippen LogP contribution in [0.4, 0.5) is 17.3 Å². The molecule has 0 amide bonds. The molecule has 31 heavy (non-hydrogen) atoms. The van der Waals surface area contributed by atoms with Crippen LogP contribution in [0.15, 0.2) is 54.9 Å². The molecule has 1 fully saturated rings. The van der Waals surface area contributed by atoms with Crippen molar-refractivity contribution in [1.82, 2.24) is 24.8 Å². The van der Waals surface area contributed by atoms with Crippen molar-refractivity contribution in [3.8, 4) is 17.1 Å². The summed E-state index contributed by atoms with van der Waals surface area (Å²) in [6.45, 7) is 5.77. The van der Waals surface area contributed by atoms with Crippen molar-refractivity contribution in [3.05, 3.63) is 54.9 Å². The monoisotopic (exact) mass is 417 g/mol. The molecule has 0 atom stereocenters. The number of benzene rings is 1. The Labute approximate surface area is 179 Å². The molecule has 3 aromatic heterocycles. The van der Waals surface area contributed by atoms with Crippen molar-refractivity contribution in [3.63, 3.8) is 0 Å². The maximum atomic E-state index is 5.45. The molecule has 0 saturated carbocycles. The van der Waals surface area contributed by atoms with Gasteiger partial charge in [0.15, 0.2) is 0 Å². The van der Waals surface area contributed by atoms with E-state index < -0.39 is 0 Å². The third-order valence-corrected chi connectivity index (χ3v) is 5.07. The van der Waals surface area contributed by atoms with Crippen LogP contribution in [0.25, 0.3) is 16.8 Å². The van der Waals surface area contributed by atoms with E-state index in [9.17, 15) is 0 Å². The summed E-state index contributed by atoms with van der Waals surface area (Å²) in [4.78, 5) is 11.4. The number of nitrogens with one attached hydrogen (secondary N) is 1. The van der Waals surface area contributed by atoms with Crippen LogP contribution in [0.3, 0.4) is 0 Å². The van der Waals surface area contributed by atoms with Crippen LogP contribution in [0, 0.1) is 0 Å². The summed E-state index contributed by atoms with van der Waals surface area (Å²) in [5.41, 5.74) is 4.58. The van der Waals surface area contributed by atoms with Gasteiger partial charge in [-0.1, -0.05) is 6.07 Å². The number of hydrogen-bond donors (Lipinski definition) is 1. The van der Waals surface area contributed by atoms with Crippen molar-refractivity contribution in [2.45, 2.75) is 6.92 Å². The Balaban J connectivity index is 1.39. The lowest BCUT2D eigenvalue weighted by atomic mass is 10.2. The van der Waals surface area contributed by atoms with Crippen LogP contribution in [0.5, 0.6) is 5.88 Å². The molecule has 1 aromatic carbocycles. The van der Waals surface area contributed by atoms with Crippen LogP contribution in [-0.4, -0.2) is 57.7 Å². The van der Waals surface area contributed by atoms with Crippen LogP contribution >= 0.6 is 0 Å². The van der Waals surface area contributed by atoms with Gasteiger partial charge < -0.3 is 19.7 Å². The zero-order valence-electron chi connectivity index (χ0n) is 17.2. The van der Waals surface area contributed by atoms with Gasteiger partial charge in [-0.3, -0.25) is 0 Å². The highest BCUT2D eigenvalue weighted by Crippen LogP contribution is 2.26. The van der Waals surface area contributed by atoms with E-state index in [-0.39, 0.29) is 0 Å². The topological polar surface area (TPSA) is 89.7 Å². The van der Waals surface area contributed by atoms with Gasteiger partial charge in [0.25, 0.3) is 0 Å².